The molecule has 0 aromatic heterocycles. The van der Waals surface area contributed by atoms with Crippen LogP contribution < -0.4 is 5.32 Å². The number of ether oxygens (including phenoxy) is 1. The molecule has 5 aliphatic carbocycles. The maximum atomic E-state index is 13.3. The van der Waals surface area contributed by atoms with Crippen molar-refractivity contribution in [3.05, 3.63) is 12.2 Å². The molecule has 0 radical (unpaired) electrons. The first-order valence-electron chi connectivity index (χ1n) is 18.6. The molecule has 0 saturated heterocycles. The quantitative estimate of drug-likeness (QED) is 0.194. The Labute approximate surface area is 279 Å². The van der Waals surface area contributed by atoms with E-state index in [1.165, 1.54) is 37.7 Å². The molecule has 5 saturated carbocycles. The number of esters is 1. The van der Waals surface area contributed by atoms with Crippen LogP contribution in [-0.2, 0) is 19.1 Å². The lowest BCUT2D eigenvalue weighted by molar-refractivity contribution is -0.250. The SMILES string of the molecule is C=C(C)[C@@H]1CC[C@]2(CC(=O)NCCC)CC[C@]3(C)[C@H](CC[C@@H]4[C@@]5(C)CC[C@H](OC(=O)CC(C)(C)C(=O)O)C(C)(C)[C@@H]5CC[C@]43C)[C@@H]12. The predicted octanol–water partition coefficient (Wildman–Crippen LogP) is 8.97. The van der Waals surface area contributed by atoms with Gasteiger partial charge in [-0.2, -0.15) is 0 Å². The third kappa shape index (κ3) is 5.38. The molecule has 5 aliphatic rings. The first-order valence-corrected chi connectivity index (χ1v) is 18.6. The summed E-state index contributed by atoms with van der Waals surface area (Å²) in [7, 11) is 0. The Morgan fingerprint density at radius 2 is 1.59 bits per heavy atom. The Balaban J connectivity index is 1.40. The second-order valence-corrected chi connectivity index (χ2v) is 18.8. The lowest BCUT2D eigenvalue weighted by Gasteiger charge is -2.73. The highest BCUT2D eigenvalue weighted by molar-refractivity contribution is 5.81. The van der Waals surface area contributed by atoms with Crippen LogP contribution in [0.5, 0.6) is 0 Å². The molecule has 6 nitrogen and oxygen atoms in total. The van der Waals surface area contributed by atoms with Crippen molar-refractivity contribution in [2.24, 2.45) is 62.1 Å². The number of nitrogens with one attached hydrogen (secondary N) is 1. The summed E-state index contributed by atoms with van der Waals surface area (Å²) in [5.74, 6) is 1.57. The minimum atomic E-state index is -1.13. The van der Waals surface area contributed by atoms with Crippen molar-refractivity contribution in [1.29, 1.82) is 0 Å². The van der Waals surface area contributed by atoms with Crippen molar-refractivity contribution in [3.8, 4) is 0 Å². The molecular weight excluding hydrogens is 574 g/mol. The van der Waals surface area contributed by atoms with E-state index in [-0.39, 0.29) is 51.5 Å². The van der Waals surface area contributed by atoms with Crippen LogP contribution in [0.4, 0.5) is 0 Å². The van der Waals surface area contributed by atoms with Gasteiger partial charge in [-0.05, 0) is 143 Å². The normalized spacial score (nSPS) is 42.9. The molecule has 0 aliphatic heterocycles. The molecule has 5 fully saturated rings. The van der Waals surface area contributed by atoms with Crippen LogP contribution >= 0.6 is 0 Å². The molecular formula is C40H65NO5. The van der Waals surface area contributed by atoms with Crippen LogP contribution in [0, 0.1) is 62.1 Å². The summed E-state index contributed by atoms with van der Waals surface area (Å²) in [5.41, 5.74) is 0.677. The molecule has 2 N–H and O–H groups in total. The highest BCUT2D eigenvalue weighted by Gasteiger charge is 2.71. The molecule has 0 aromatic rings. The Morgan fingerprint density at radius 3 is 2.22 bits per heavy atom. The van der Waals surface area contributed by atoms with Crippen LogP contribution in [0.1, 0.15) is 146 Å². The number of aliphatic carboxylic acids is 1. The van der Waals surface area contributed by atoms with Crippen LogP contribution in [0.25, 0.3) is 0 Å². The zero-order valence-corrected chi connectivity index (χ0v) is 30.7. The van der Waals surface area contributed by atoms with Crippen LogP contribution in [0.2, 0.25) is 0 Å². The van der Waals surface area contributed by atoms with E-state index in [0.717, 1.165) is 45.1 Å². The maximum absolute atomic E-state index is 13.3. The third-order valence-corrected chi connectivity index (χ3v) is 15.7. The summed E-state index contributed by atoms with van der Waals surface area (Å²) in [6, 6.07) is 0. The number of carbonyl (C=O) groups excluding carboxylic acids is 2. The van der Waals surface area contributed by atoms with Gasteiger partial charge < -0.3 is 15.2 Å². The van der Waals surface area contributed by atoms with Crippen LogP contribution in [0.15, 0.2) is 12.2 Å². The summed E-state index contributed by atoms with van der Waals surface area (Å²) in [6.07, 6.45) is 12.7. The first kappa shape index (κ1) is 35.5. The number of carboxylic acids is 1. The molecule has 10 atom stereocenters. The number of amides is 1. The van der Waals surface area contributed by atoms with E-state index >= 15 is 0 Å². The molecule has 5 rings (SSSR count). The number of fused-ring (bicyclic) bond motifs is 7. The van der Waals surface area contributed by atoms with Gasteiger partial charge in [-0.1, -0.05) is 53.7 Å². The third-order valence-electron chi connectivity index (χ3n) is 15.7. The number of allylic oxidation sites excluding steroid dienone is 1. The number of rotatable bonds is 9. The van der Waals surface area contributed by atoms with Crippen molar-refractivity contribution < 1.29 is 24.2 Å². The number of carbonyl (C=O) groups is 3. The van der Waals surface area contributed by atoms with Gasteiger partial charge in [0.15, 0.2) is 0 Å². The minimum Gasteiger partial charge on any atom is -0.481 e. The Hall–Kier alpha value is -1.85. The molecule has 0 unspecified atom stereocenters. The largest absolute Gasteiger partial charge is 0.481 e. The number of hydrogen-bond acceptors (Lipinski definition) is 4. The summed E-state index contributed by atoms with van der Waals surface area (Å²) in [5, 5.41) is 12.8. The van der Waals surface area contributed by atoms with Crippen LogP contribution in [-0.4, -0.2) is 35.6 Å². The monoisotopic (exact) mass is 639 g/mol. The predicted molar refractivity (Wildman–Crippen MR) is 183 cm³/mol. The molecule has 1 amide bonds. The number of hydrogen-bond donors (Lipinski definition) is 2. The summed E-state index contributed by atoms with van der Waals surface area (Å²) < 4.78 is 6.16. The van der Waals surface area contributed by atoms with Gasteiger partial charge >= 0.3 is 11.9 Å². The second-order valence-electron chi connectivity index (χ2n) is 18.8. The van der Waals surface area contributed by atoms with Gasteiger partial charge in [0.1, 0.15) is 6.10 Å². The fourth-order valence-electron chi connectivity index (χ4n) is 13.1. The van der Waals surface area contributed by atoms with Crippen molar-refractivity contribution in [1.82, 2.24) is 5.32 Å². The van der Waals surface area contributed by atoms with E-state index in [1.807, 2.05) is 0 Å². The number of carboxylic acid groups (broad SMARTS) is 1. The molecule has 0 heterocycles. The molecule has 46 heavy (non-hydrogen) atoms. The highest BCUT2D eigenvalue weighted by atomic mass is 16.5. The average Bonchev–Trinajstić information content (AvgIpc) is 3.33. The smallest absolute Gasteiger partial charge is 0.309 e. The first-order chi connectivity index (χ1) is 21.3. The standard InChI is InChI=1S/C40H65NO5/c1-11-22-41-31(42)23-40-19-14-26(25(2)3)33(40)27-12-13-29-37(8)17-16-30(46-32(43)24-35(4,5)34(44)45)36(6,7)28(37)15-18-39(29,10)38(27,9)20-21-40/h26-30,33H,2,11-24H2,1,3-10H3,(H,41,42)(H,44,45)/t26-,27+,28-,29+,30-,33+,37-,38+,39+,40+/m0/s1. The molecule has 0 bridgehead atoms. The summed E-state index contributed by atoms with van der Waals surface area (Å²) >= 11 is 0. The zero-order valence-electron chi connectivity index (χ0n) is 30.7. The van der Waals surface area contributed by atoms with Crippen molar-refractivity contribution in [3.63, 3.8) is 0 Å². The maximum Gasteiger partial charge on any atom is 0.309 e. The Morgan fingerprint density at radius 1 is 0.891 bits per heavy atom. The van der Waals surface area contributed by atoms with E-state index < -0.39 is 11.4 Å². The Bertz CT molecular complexity index is 1240. The van der Waals surface area contributed by atoms with Crippen molar-refractivity contribution in [2.45, 2.75) is 152 Å². The van der Waals surface area contributed by atoms with Crippen molar-refractivity contribution >= 4 is 17.8 Å². The molecule has 6 heteroatoms. The van der Waals surface area contributed by atoms with Gasteiger partial charge in [0, 0.05) is 18.4 Å². The van der Waals surface area contributed by atoms with Gasteiger partial charge in [0.25, 0.3) is 0 Å². The van der Waals surface area contributed by atoms with E-state index in [2.05, 4.69) is 60.4 Å². The Kier molecular flexibility index (Phi) is 9.20. The van der Waals surface area contributed by atoms with Gasteiger partial charge in [-0.3, -0.25) is 14.4 Å². The average molecular weight is 640 g/mol. The summed E-state index contributed by atoms with van der Waals surface area (Å²) in [6.45, 7) is 25.3. The van der Waals surface area contributed by atoms with Gasteiger partial charge in [-0.25, -0.2) is 0 Å². The lowest BCUT2D eigenvalue weighted by Crippen LogP contribution is -2.67. The van der Waals surface area contributed by atoms with Crippen molar-refractivity contribution in [2.75, 3.05) is 6.54 Å². The van der Waals surface area contributed by atoms with Gasteiger partial charge in [0.05, 0.1) is 11.8 Å². The highest BCUT2D eigenvalue weighted by Crippen LogP contribution is 2.78. The molecule has 0 spiro atoms. The topological polar surface area (TPSA) is 92.7 Å². The minimum absolute atomic E-state index is 0.0923. The van der Waals surface area contributed by atoms with Gasteiger partial charge in [0.2, 0.25) is 5.91 Å². The lowest BCUT2D eigenvalue weighted by atomic mass is 9.32. The van der Waals surface area contributed by atoms with E-state index in [1.54, 1.807) is 13.8 Å². The summed E-state index contributed by atoms with van der Waals surface area (Å²) in [4.78, 5) is 38.0. The fraction of sp³-hybridized carbons (Fsp3) is 0.875. The zero-order chi connectivity index (χ0) is 34.1. The van der Waals surface area contributed by atoms with E-state index in [0.29, 0.717) is 36.0 Å². The fourth-order valence-corrected chi connectivity index (χ4v) is 13.1. The van der Waals surface area contributed by atoms with E-state index in [9.17, 15) is 19.5 Å². The van der Waals surface area contributed by atoms with E-state index in [4.69, 9.17) is 4.74 Å². The molecule has 0 aromatic carbocycles. The van der Waals surface area contributed by atoms with Gasteiger partial charge in [-0.15, -0.1) is 0 Å². The van der Waals surface area contributed by atoms with Crippen LogP contribution in [0.3, 0.4) is 0 Å². The molecule has 260 valence electrons. The second kappa shape index (κ2) is 11.9.